The maximum atomic E-state index is 12.8. The van der Waals surface area contributed by atoms with Crippen LogP contribution in [0.25, 0.3) is 0 Å². The molecule has 1 heterocycles. The highest BCUT2D eigenvalue weighted by molar-refractivity contribution is 6.23. The average molecular weight is 289 g/mol. The van der Waals surface area contributed by atoms with Gasteiger partial charge in [0.15, 0.2) is 0 Å². The number of fused-ring (bicyclic) bond motifs is 6. The molecule has 0 N–H and O–H groups in total. The van der Waals surface area contributed by atoms with Gasteiger partial charge in [-0.3, -0.25) is 14.5 Å². The van der Waals surface area contributed by atoms with E-state index in [4.69, 9.17) is 0 Å². The number of nitrogens with zero attached hydrogens (tertiary/aromatic N) is 1. The highest BCUT2D eigenvalue weighted by Gasteiger charge is 2.66. The minimum Gasteiger partial charge on any atom is -0.274 e. The predicted molar refractivity (Wildman–Crippen MR) is 82.3 cm³/mol. The molecule has 1 saturated carbocycles. The summed E-state index contributed by atoms with van der Waals surface area (Å²) in [5.41, 5.74) is 3.31. The normalized spacial score (nSPS) is 31.5. The van der Waals surface area contributed by atoms with Gasteiger partial charge in [-0.05, 0) is 35.6 Å². The van der Waals surface area contributed by atoms with E-state index in [1.165, 1.54) is 16.0 Å². The highest BCUT2D eigenvalue weighted by atomic mass is 16.2. The second-order valence-electron chi connectivity index (χ2n) is 6.49. The van der Waals surface area contributed by atoms with Crippen LogP contribution in [0.15, 0.2) is 54.6 Å². The van der Waals surface area contributed by atoms with E-state index in [9.17, 15) is 9.59 Å². The average Bonchev–Trinajstić information content (AvgIpc) is 2.93. The summed E-state index contributed by atoms with van der Waals surface area (Å²) in [5.74, 6) is 0.264. The zero-order chi connectivity index (χ0) is 14.8. The zero-order valence-electron chi connectivity index (χ0n) is 12.0. The Morgan fingerprint density at radius 3 is 2.27 bits per heavy atom. The predicted octanol–water partition coefficient (Wildman–Crippen LogP) is 2.76. The Bertz CT molecular complexity index is 798. The summed E-state index contributed by atoms with van der Waals surface area (Å²) >= 11 is 0. The van der Waals surface area contributed by atoms with Gasteiger partial charge in [-0.15, -0.1) is 0 Å². The molecular weight excluding hydrogens is 274 g/mol. The Hall–Kier alpha value is -2.42. The van der Waals surface area contributed by atoms with E-state index in [-0.39, 0.29) is 29.6 Å². The molecule has 3 heteroatoms. The molecule has 1 aliphatic heterocycles. The Morgan fingerprint density at radius 1 is 0.773 bits per heavy atom. The van der Waals surface area contributed by atoms with Crippen molar-refractivity contribution in [3.8, 4) is 0 Å². The van der Waals surface area contributed by atoms with E-state index in [1.807, 2.05) is 42.5 Å². The van der Waals surface area contributed by atoms with Crippen molar-refractivity contribution in [3.63, 3.8) is 0 Å². The van der Waals surface area contributed by atoms with E-state index >= 15 is 0 Å². The summed E-state index contributed by atoms with van der Waals surface area (Å²) in [7, 11) is 0. The summed E-state index contributed by atoms with van der Waals surface area (Å²) in [6, 6.07) is 17.6. The van der Waals surface area contributed by atoms with Gasteiger partial charge in [-0.1, -0.05) is 42.5 Å². The smallest absolute Gasteiger partial charge is 0.238 e. The van der Waals surface area contributed by atoms with Crippen LogP contribution in [0.3, 0.4) is 0 Å². The Labute approximate surface area is 128 Å². The van der Waals surface area contributed by atoms with Gasteiger partial charge in [0, 0.05) is 5.92 Å². The minimum absolute atomic E-state index is 0.00439. The van der Waals surface area contributed by atoms with Crippen LogP contribution in [0.2, 0.25) is 0 Å². The number of hydrogen-bond donors (Lipinski definition) is 0. The molecule has 2 aromatic rings. The fraction of sp³-hybridized carbons (Fsp3) is 0.263. The topological polar surface area (TPSA) is 37.4 Å². The Kier molecular flexibility index (Phi) is 2.25. The lowest BCUT2D eigenvalue weighted by Crippen LogP contribution is -2.44. The van der Waals surface area contributed by atoms with Crippen LogP contribution in [0.1, 0.15) is 17.0 Å². The van der Waals surface area contributed by atoms with Gasteiger partial charge in [0.05, 0.1) is 17.5 Å². The number of carbonyl (C=O) groups excluding carboxylic acids is 2. The van der Waals surface area contributed by atoms with Crippen molar-refractivity contribution < 1.29 is 9.59 Å². The van der Waals surface area contributed by atoms with E-state index in [0.29, 0.717) is 11.6 Å². The van der Waals surface area contributed by atoms with E-state index in [0.717, 1.165) is 6.42 Å². The van der Waals surface area contributed by atoms with Crippen LogP contribution in [0, 0.1) is 17.8 Å². The molecular formula is C19H15NO2. The second-order valence-corrected chi connectivity index (χ2v) is 6.49. The van der Waals surface area contributed by atoms with Gasteiger partial charge in [0.25, 0.3) is 0 Å². The van der Waals surface area contributed by atoms with Gasteiger partial charge < -0.3 is 0 Å². The molecule has 3 nitrogen and oxygen atoms in total. The maximum Gasteiger partial charge on any atom is 0.238 e. The molecule has 3 aliphatic rings. The monoisotopic (exact) mass is 289 g/mol. The van der Waals surface area contributed by atoms with Crippen molar-refractivity contribution in [2.45, 2.75) is 12.3 Å². The number of para-hydroxylation sites is 1. The number of anilines is 1. The molecule has 0 unspecified atom stereocenters. The summed E-state index contributed by atoms with van der Waals surface area (Å²) in [6.45, 7) is 0. The number of hydrogen-bond acceptors (Lipinski definition) is 2. The number of amides is 2. The van der Waals surface area contributed by atoms with Gasteiger partial charge in [0.1, 0.15) is 0 Å². The van der Waals surface area contributed by atoms with Gasteiger partial charge in [-0.25, -0.2) is 0 Å². The quantitative estimate of drug-likeness (QED) is 0.757. The van der Waals surface area contributed by atoms with Crippen molar-refractivity contribution in [1.82, 2.24) is 0 Å². The third-order valence-corrected chi connectivity index (χ3v) is 5.59. The summed E-state index contributed by atoms with van der Waals surface area (Å²) in [4.78, 5) is 27.0. The molecule has 1 saturated heterocycles. The standard InChI is InChI=1S/C19H15NO2/c21-18-16-14-10-11-6-4-5-9-13(11)15(14)17(16)19(22)20(18)12-7-2-1-3-8-12/h1-9,14-17H,10H2/t14-,15+,16+,17-/m0/s1. The molecule has 2 aliphatic carbocycles. The lowest BCUT2D eigenvalue weighted by molar-refractivity contribution is -0.130. The van der Waals surface area contributed by atoms with Crippen molar-refractivity contribution in [1.29, 1.82) is 0 Å². The highest BCUT2D eigenvalue weighted by Crippen LogP contribution is 2.62. The molecule has 2 amide bonds. The molecule has 5 rings (SSSR count). The largest absolute Gasteiger partial charge is 0.274 e. The fourth-order valence-electron chi connectivity index (χ4n) is 4.69. The molecule has 0 bridgehead atoms. The zero-order valence-corrected chi connectivity index (χ0v) is 12.0. The SMILES string of the molecule is O=C1[C@@H]2[C@H]3Cc4ccccc4[C@H]3[C@@H]2C(=O)N1c1ccccc1. The number of carbonyl (C=O) groups is 2. The second kappa shape index (κ2) is 4.07. The lowest BCUT2D eigenvalue weighted by Gasteiger charge is -2.41. The summed E-state index contributed by atoms with van der Waals surface area (Å²) < 4.78 is 0. The van der Waals surface area contributed by atoms with E-state index in [1.54, 1.807) is 0 Å². The number of imide groups is 1. The van der Waals surface area contributed by atoms with Crippen LogP contribution < -0.4 is 4.90 Å². The fourth-order valence-corrected chi connectivity index (χ4v) is 4.69. The van der Waals surface area contributed by atoms with Crippen LogP contribution in [0.5, 0.6) is 0 Å². The van der Waals surface area contributed by atoms with Crippen molar-refractivity contribution in [2.75, 3.05) is 4.90 Å². The summed E-state index contributed by atoms with van der Waals surface area (Å²) in [6.07, 6.45) is 0.934. The molecule has 2 fully saturated rings. The maximum absolute atomic E-state index is 12.8. The van der Waals surface area contributed by atoms with Crippen LogP contribution >= 0.6 is 0 Å². The number of rotatable bonds is 1. The molecule has 2 aromatic carbocycles. The molecule has 0 radical (unpaired) electrons. The van der Waals surface area contributed by atoms with Gasteiger partial charge >= 0.3 is 0 Å². The van der Waals surface area contributed by atoms with Crippen molar-refractivity contribution >= 4 is 17.5 Å². The molecule has 22 heavy (non-hydrogen) atoms. The first-order valence-electron chi connectivity index (χ1n) is 7.78. The first-order chi connectivity index (χ1) is 10.8. The van der Waals surface area contributed by atoms with E-state index < -0.39 is 0 Å². The van der Waals surface area contributed by atoms with Gasteiger partial charge in [-0.2, -0.15) is 0 Å². The van der Waals surface area contributed by atoms with Gasteiger partial charge in [0.2, 0.25) is 11.8 Å². The van der Waals surface area contributed by atoms with Crippen molar-refractivity contribution in [3.05, 3.63) is 65.7 Å². The molecule has 0 spiro atoms. The minimum atomic E-state index is -0.152. The molecule has 108 valence electrons. The third-order valence-electron chi connectivity index (χ3n) is 5.59. The first-order valence-corrected chi connectivity index (χ1v) is 7.78. The van der Waals surface area contributed by atoms with Crippen LogP contribution in [-0.4, -0.2) is 11.8 Å². The number of benzene rings is 2. The summed E-state index contributed by atoms with van der Waals surface area (Å²) in [5, 5.41) is 0. The Balaban J connectivity index is 1.56. The third kappa shape index (κ3) is 1.32. The molecule has 4 atom stereocenters. The lowest BCUT2D eigenvalue weighted by atomic mass is 9.58. The molecule has 0 aromatic heterocycles. The van der Waals surface area contributed by atoms with E-state index in [2.05, 4.69) is 12.1 Å². The van der Waals surface area contributed by atoms with Crippen LogP contribution in [-0.2, 0) is 16.0 Å². The Morgan fingerprint density at radius 2 is 1.45 bits per heavy atom. The first kappa shape index (κ1) is 12.2. The van der Waals surface area contributed by atoms with Crippen LogP contribution in [0.4, 0.5) is 5.69 Å². The van der Waals surface area contributed by atoms with Crippen molar-refractivity contribution in [2.24, 2.45) is 17.8 Å².